The van der Waals surface area contributed by atoms with Gasteiger partial charge in [0.2, 0.25) is 0 Å². The summed E-state index contributed by atoms with van der Waals surface area (Å²) in [6.07, 6.45) is 1.93. The summed E-state index contributed by atoms with van der Waals surface area (Å²) in [5.41, 5.74) is 2.77. The first-order chi connectivity index (χ1) is 21.5. The summed E-state index contributed by atoms with van der Waals surface area (Å²) in [6.45, 7) is 2.20. The van der Waals surface area contributed by atoms with Crippen molar-refractivity contribution in [3.05, 3.63) is 131 Å². The molecule has 228 valence electrons. The molecule has 0 spiro atoms. The molecule has 0 radical (unpaired) electrons. The molecule has 0 heterocycles. The van der Waals surface area contributed by atoms with E-state index in [9.17, 15) is 14.7 Å². The molecule has 44 heavy (non-hydrogen) atoms. The number of hydrogen-bond acceptors (Lipinski definition) is 8. The van der Waals surface area contributed by atoms with Gasteiger partial charge in [0.1, 0.15) is 42.6 Å². The summed E-state index contributed by atoms with van der Waals surface area (Å²) in [7, 11) is 1.27. The Morgan fingerprint density at radius 2 is 1.41 bits per heavy atom. The van der Waals surface area contributed by atoms with Crippen molar-refractivity contribution in [2.45, 2.75) is 32.7 Å². The second-order valence-corrected chi connectivity index (χ2v) is 9.76. The average Bonchev–Trinajstić information content (AvgIpc) is 3.06. The standard InChI is InChI=1S/C36H36O8/c1-3-41-33(38)20-19-31-28(21-29(37)25-42-30-17-11-6-12-18-30)22-32(43-23-26-13-7-4-8-14-26)34(36(39)40-2)35(31)44-24-27-15-9-5-10-16-27/h4-20,22,29,37H,3,21,23-25H2,1-2H3/b20-19+. The third kappa shape index (κ3) is 9.21. The first-order valence-electron chi connectivity index (χ1n) is 14.3. The lowest BCUT2D eigenvalue weighted by Crippen LogP contribution is -2.21. The van der Waals surface area contributed by atoms with Crippen LogP contribution in [0.5, 0.6) is 17.2 Å². The van der Waals surface area contributed by atoms with Crippen molar-refractivity contribution in [1.82, 2.24) is 0 Å². The first-order valence-corrected chi connectivity index (χ1v) is 14.3. The molecule has 4 rings (SSSR count). The molecule has 4 aromatic rings. The van der Waals surface area contributed by atoms with E-state index in [0.29, 0.717) is 16.9 Å². The second-order valence-electron chi connectivity index (χ2n) is 9.76. The van der Waals surface area contributed by atoms with E-state index >= 15 is 0 Å². The number of methoxy groups -OCH3 is 1. The molecule has 0 aromatic heterocycles. The Morgan fingerprint density at radius 1 is 0.818 bits per heavy atom. The zero-order valence-electron chi connectivity index (χ0n) is 24.8. The smallest absolute Gasteiger partial charge is 0.345 e. The van der Waals surface area contributed by atoms with Crippen LogP contribution >= 0.6 is 0 Å². The van der Waals surface area contributed by atoms with Crippen molar-refractivity contribution in [3.8, 4) is 17.2 Å². The molecule has 0 amide bonds. The van der Waals surface area contributed by atoms with E-state index in [4.69, 9.17) is 23.7 Å². The van der Waals surface area contributed by atoms with Gasteiger partial charge < -0.3 is 28.8 Å². The topological polar surface area (TPSA) is 101 Å². The number of rotatable bonds is 15. The van der Waals surface area contributed by atoms with Crippen molar-refractivity contribution >= 4 is 18.0 Å². The van der Waals surface area contributed by atoms with Gasteiger partial charge in [-0.2, -0.15) is 0 Å². The fraction of sp³-hybridized carbons (Fsp3) is 0.222. The van der Waals surface area contributed by atoms with Crippen molar-refractivity contribution in [1.29, 1.82) is 0 Å². The van der Waals surface area contributed by atoms with Gasteiger partial charge in [-0.15, -0.1) is 0 Å². The van der Waals surface area contributed by atoms with Crippen LogP contribution in [0.3, 0.4) is 0 Å². The normalized spacial score (nSPS) is 11.5. The van der Waals surface area contributed by atoms with Crippen LogP contribution in [0, 0.1) is 0 Å². The van der Waals surface area contributed by atoms with Crippen molar-refractivity contribution < 1.29 is 38.4 Å². The molecule has 0 aliphatic carbocycles. The summed E-state index contributed by atoms with van der Waals surface area (Å²) in [5, 5.41) is 11.1. The Balaban J connectivity index is 1.79. The highest BCUT2D eigenvalue weighted by Crippen LogP contribution is 2.39. The molecule has 4 aromatic carbocycles. The van der Waals surface area contributed by atoms with Gasteiger partial charge in [-0.1, -0.05) is 78.9 Å². The second kappa shape index (κ2) is 16.5. The minimum absolute atomic E-state index is 0.00418. The van der Waals surface area contributed by atoms with Crippen LogP contribution in [0.1, 0.15) is 39.5 Å². The van der Waals surface area contributed by atoms with Crippen LogP contribution in [0.2, 0.25) is 0 Å². The van der Waals surface area contributed by atoms with Crippen LogP contribution in [-0.4, -0.2) is 43.5 Å². The van der Waals surface area contributed by atoms with Crippen molar-refractivity contribution in [2.24, 2.45) is 0 Å². The number of aliphatic hydroxyl groups is 1. The molecule has 1 unspecified atom stereocenters. The molecular weight excluding hydrogens is 560 g/mol. The molecule has 0 aliphatic heterocycles. The van der Waals surface area contributed by atoms with Gasteiger partial charge in [-0.25, -0.2) is 9.59 Å². The van der Waals surface area contributed by atoms with E-state index in [2.05, 4.69) is 0 Å². The number of esters is 2. The monoisotopic (exact) mass is 596 g/mol. The maximum atomic E-state index is 13.3. The number of ether oxygens (including phenoxy) is 5. The van der Waals surface area contributed by atoms with Gasteiger partial charge >= 0.3 is 11.9 Å². The van der Waals surface area contributed by atoms with Gasteiger partial charge in [0, 0.05) is 18.1 Å². The maximum Gasteiger partial charge on any atom is 0.345 e. The average molecular weight is 597 g/mol. The Hall–Kier alpha value is -5.08. The fourth-order valence-corrected chi connectivity index (χ4v) is 4.44. The summed E-state index contributed by atoms with van der Waals surface area (Å²) < 4.78 is 28.6. The largest absolute Gasteiger partial charge is 0.491 e. The predicted octanol–water partition coefficient (Wildman–Crippen LogP) is 6.19. The molecule has 0 aliphatic rings. The minimum atomic E-state index is -0.946. The molecular formula is C36H36O8. The van der Waals surface area contributed by atoms with Crippen LogP contribution < -0.4 is 14.2 Å². The zero-order valence-corrected chi connectivity index (χ0v) is 24.8. The molecule has 0 saturated carbocycles. The third-order valence-corrected chi connectivity index (χ3v) is 6.54. The molecule has 1 N–H and O–H groups in total. The molecule has 8 nitrogen and oxygen atoms in total. The third-order valence-electron chi connectivity index (χ3n) is 6.54. The van der Waals surface area contributed by atoms with E-state index in [-0.39, 0.29) is 49.9 Å². The van der Waals surface area contributed by atoms with Crippen LogP contribution in [0.25, 0.3) is 6.08 Å². The van der Waals surface area contributed by atoms with E-state index < -0.39 is 18.0 Å². The van der Waals surface area contributed by atoms with Gasteiger partial charge in [0.05, 0.1) is 19.8 Å². The Labute approximate surface area is 257 Å². The zero-order chi connectivity index (χ0) is 31.1. The Bertz CT molecular complexity index is 1520. The maximum absolute atomic E-state index is 13.3. The number of carbonyl (C=O) groups excluding carboxylic acids is 2. The van der Waals surface area contributed by atoms with Crippen LogP contribution in [0.15, 0.2) is 103 Å². The summed E-state index contributed by atoms with van der Waals surface area (Å²) in [4.78, 5) is 25.7. The lowest BCUT2D eigenvalue weighted by molar-refractivity contribution is -0.137. The van der Waals surface area contributed by atoms with Crippen LogP contribution in [-0.2, 0) is 33.9 Å². The lowest BCUT2D eigenvalue weighted by Gasteiger charge is -2.22. The summed E-state index contributed by atoms with van der Waals surface area (Å²) in [5.74, 6) is -0.263. The number of hydrogen-bond donors (Lipinski definition) is 1. The molecule has 8 heteroatoms. The number of carbonyl (C=O) groups is 2. The highest BCUT2D eigenvalue weighted by atomic mass is 16.5. The van der Waals surface area contributed by atoms with E-state index in [0.717, 1.165) is 11.1 Å². The SMILES string of the molecule is CCOC(=O)/C=C/c1c(CC(O)COc2ccccc2)cc(OCc2ccccc2)c(C(=O)OC)c1OCc1ccccc1. The number of para-hydroxylation sites is 1. The fourth-order valence-electron chi connectivity index (χ4n) is 4.44. The Kier molecular flexibility index (Phi) is 12.0. The summed E-state index contributed by atoms with van der Waals surface area (Å²) >= 11 is 0. The number of benzene rings is 4. The van der Waals surface area contributed by atoms with Crippen molar-refractivity contribution in [3.63, 3.8) is 0 Å². The molecule has 1 atom stereocenters. The lowest BCUT2D eigenvalue weighted by atomic mass is 9.95. The minimum Gasteiger partial charge on any atom is -0.491 e. The highest BCUT2D eigenvalue weighted by molar-refractivity contribution is 5.98. The summed E-state index contributed by atoms with van der Waals surface area (Å²) in [6, 6.07) is 29.8. The van der Waals surface area contributed by atoms with Gasteiger partial charge in [-0.05, 0) is 47.9 Å². The first kappa shape index (κ1) is 31.8. The molecule has 0 fully saturated rings. The number of aliphatic hydroxyl groups excluding tert-OH is 1. The van der Waals surface area contributed by atoms with Crippen LogP contribution in [0.4, 0.5) is 0 Å². The molecule has 0 bridgehead atoms. The van der Waals surface area contributed by atoms with E-state index in [1.807, 2.05) is 78.9 Å². The van der Waals surface area contributed by atoms with Gasteiger partial charge in [0.25, 0.3) is 0 Å². The van der Waals surface area contributed by atoms with E-state index in [1.165, 1.54) is 19.3 Å². The Morgan fingerprint density at radius 3 is 2.00 bits per heavy atom. The van der Waals surface area contributed by atoms with E-state index in [1.54, 1.807) is 25.1 Å². The molecule has 0 saturated heterocycles. The van der Waals surface area contributed by atoms with Gasteiger partial charge in [-0.3, -0.25) is 0 Å². The quantitative estimate of drug-likeness (QED) is 0.128. The highest BCUT2D eigenvalue weighted by Gasteiger charge is 2.27. The predicted molar refractivity (Wildman–Crippen MR) is 167 cm³/mol. The van der Waals surface area contributed by atoms with Gasteiger partial charge in [0.15, 0.2) is 0 Å². The van der Waals surface area contributed by atoms with Crippen molar-refractivity contribution in [2.75, 3.05) is 20.3 Å².